The maximum absolute atomic E-state index is 5.95. The number of nitrogens with one attached hydrogen (secondary N) is 1. The lowest BCUT2D eigenvalue weighted by molar-refractivity contribution is -0.0116. The van der Waals surface area contributed by atoms with Crippen LogP contribution in [0.1, 0.15) is 52.4 Å². The van der Waals surface area contributed by atoms with Crippen molar-refractivity contribution in [2.75, 3.05) is 26.3 Å². The summed E-state index contributed by atoms with van der Waals surface area (Å²) in [5, 5.41) is 0. The summed E-state index contributed by atoms with van der Waals surface area (Å²) >= 11 is 0. The van der Waals surface area contributed by atoms with E-state index >= 15 is 0 Å². The molecule has 2 rings (SSSR count). The van der Waals surface area contributed by atoms with E-state index in [2.05, 4.69) is 24.2 Å². The largest absolute Gasteiger partial charge is 0.381 e. The molecule has 2 fully saturated rings. The third-order valence-corrected chi connectivity index (χ3v) is 5.38. The Balaban J connectivity index is 2.10. The van der Waals surface area contributed by atoms with Gasteiger partial charge in [0.25, 0.3) is 0 Å². The maximum Gasteiger partial charge on any atom is 0.0469 e. The lowest BCUT2D eigenvalue weighted by Crippen LogP contribution is -2.64. The van der Waals surface area contributed by atoms with E-state index in [1.54, 1.807) is 0 Å². The molecule has 2 aliphatic heterocycles. The van der Waals surface area contributed by atoms with Crippen LogP contribution < -0.4 is 11.3 Å². The van der Waals surface area contributed by atoms with Crippen molar-refractivity contribution in [3.05, 3.63) is 0 Å². The summed E-state index contributed by atoms with van der Waals surface area (Å²) in [5.41, 5.74) is 3.34. The number of hydrazine groups is 1. The van der Waals surface area contributed by atoms with Crippen LogP contribution in [-0.2, 0) is 4.74 Å². The predicted molar refractivity (Wildman–Crippen MR) is 78.8 cm³/mol. The molecule has 0 aromatic heterocycles. The summed E-state index contributed by atoms with van der Waals surface area (Å²) in [6.07, 6.45) is 7.48. The van der Waals surface area contributed by atoms with Crippen LogP contribution >= 0.6 is 0 Å². The highest BCUT2D eigenvalue weighted by atomic mass is 16.5. The quantitative estimate of drug-likeness (QED) is 0.591. The molecule has 0 aromatic carbocycles. The van der Waals surface area contributed by atoms with Gasteiger partial charge in [-0.2, -0.15) is 0 Å². The van der Waals surface area contributed by atoms with E-state index in [9.17, 15) is 0 Å². The van der Waals surface area contributed by atoms with Gasteiger partial charge in [-0.3, -0.25) is 16.2 Å². The molecular weight excluding hydrogens is 238 g/mol. The molecule has 0 aromatic rings. The van der Waals surface area contributed by atoms with E-state index in [0.717, 1.165) is 32.5 Å². The van der Waals surface area contributed by atoms with Crippen LogP contribution in [0.15, 0.2) is 0 Å². The molecule has 0 aliphatic carbocycles. The van der Waals surface area contributed by atoms with Crippen molar-refractivity contribution in [2.24, 2.45) is 11.8 Å². The molecule has 0 bridgehead atoms. The molecule has 0 spiro atoms. The number of hydrogen-bond acceptors (Lipinski definition) is 4. The second-order valence-corrected chi connectivity index (χ2v) is 6.35. The van der Waals surface area contributed by atoms with Gasteiger partial charge in [0, 0.05) is 24.8 Å². The van der Waals surface area contributed by atoms with Crippen molar-refractivity contribution in [1.82, 2.24) is 10.3 Å². The second kappa shape index (κ2) is 7.02. The molecule has 4 heteroatoms. The van der Waals surface area contributed by atoms with Gasteiger partial charge in [0.05, 0.1) is 0 Å². The van der Waals surface area contributed by atoms with E-state index in [-0.39, 0.29) is 5.54 Å². The lowest BCUT2D eigenvalue weighted by Gasteiger charge is -2.50. The minimum absolute atomic E-state index is 0.178. The Morgan fingerprint density at radius 2 is 1.89 bits per heavy atom. The van der Waals surface area contributed by atoms with Gasteiger partial charge in [-0.05, 0) is 58.0 Å². The van der Waals surface area contributed by atoms with Crippen LogP contribution in [0.2, 0.25) is 0 Å². The zero-order chi connectivity index (χ0) is 13.7. The zero-order valence-electron chi connectivity index (χ0n) is 12.7. The minimum Gasteiger partial charge on any atom is -0.381 e. The number of piperidine rings is 1. The molecule has 0 saturated carbocycles. The third kappa shape index (κ3) is 3.30. The number of hydrogen-bond donors (Lipinski definition) is 2. The highest BCUT2D eigenvalue weighted by Gasteiger charge is 2.42. The molecule has 2 saturated heterocycles. The number of nitrogens with zero attached hydrogens (tertiary/aromatic N) is 1. The maximum atomic E-state index is 5.95. The van der Waals surface area contributed by atoms with Crippen LogP contribution in [0, 0.1) is 5.92 Å². The fourth-order valence-electron chi connectivity index (χ4n) is 3.92. The zero-order valence-corrected chi connectivity index (χ0v) is 12.7. The number of nitrogens with two attached hydrogens (primary N) is 1. The molecule has 19 heavy (non-hydrogen) atoms. The molecular formula is C15H31N3O. The van der Waals surface area contributed by atoms with Gasteiger partial charge in [-0.15, -0.1) is 0 Å². The number of likely N-dealkylation sites (tertiary alicyclic amines) is 1. The van der Waals surface area contributed by atoms with Crippen LogP contribution in [0.25, 0.3) is 0 Å². The fraction of sp³-hybridized carbons (Fsp3) is 1.00. The lowest BCUT2D eigenvalue weighted by atomic mass is 9.76. The van der Waals surface area contributed by atoms with E-state index in [1.807, 2.05) is 0 Å². The Hall–Kier alpha value is -0.160. The molecule has 0 radical (unpaired) electrons. The monoisotopic (exact) mass is 269 g/mol. The van der Waals surface area contributed by atoms with E-state index in [0.29, 0.717) is 12.0 Å². The Morgan fingerprint density at radius 1 is 1.26 bits per heavy atom. The second-order valence-electron chi connectivity index (χ2n) is 6.35. The molecule has 4 nitrogen and oxygen atoms in total. The summed E-state index contributed by atoms with van der Waals surface area (Å²) in [6.45, 7) is 8.94. The van der Waals surface area contributed by atoms with Crippen LogP contribution in [0.3, 0.4) is 0 Å². The third-order valence-electron chi connectivity index (χ3n) is 5.38. The van der Waals surface area contributed by atoms with E-state index < -0.39 is 0 Å². The van der Waals surface area contributed by atoms with Crippen LogP contribution in [0.5, 0.6) is 0 Å². The molecule has 3 N–H and O–H groups in total. The highest BCUT2D eigenvalue weighted by molar-refractivity contribution is 4.99. The minimum atomic E-state index is 0.178. The van der Waals surface area contributed by atoms with Gasteiger partial charge < -0.3 is 4.74 Å². The average Bonchev–Trinajstić information content (AvgIpc) is 2.49. The highest BCUT2D eigenvalue weighted by Crippen LogP contribution is 2.34. The molecule has 2 unspecified atom stereocenters. The van der Waals surface area contributed by atoms with Crippen LogP contribution in [-0.4, -0.2) is 42.8 Å². The molecule has 112 valence electrons. The summed E-state index contributed by atoms with van der Waals surface area (Å²) in [5.74, 6) is 6.60. The number of ether oxygens (including phenoxy) is 1. The fourth-order valence-corrected chi connectivity index (χ4v) is 3.92. The Labute approximate surface area is 118 Å². The van der Waals surface area contributed by atoms with E-state index in [1.165, 1.54) is 32.4 Å². The first-order valence-corrected chi connectivity index (χ1v) is 8.01. The first kappa shape index (κ1) is 15.2. The summed E-state index contributed by atoms with van der Waals surface area (Å²) < 4.78 is 5.50. The Morgan fingerprint density at radius 3 is 2.42 bits per heavy atom. The standard InChI is InChI=1S/C15H31N3O/c1-3-15(2,18-9-5-4-6-10-18)14(17-16)13-7-11-19-12-8-13/h13-14,17H,3-12,16H2,1-2H3. The smallest absolute Gasteiger partial charge is 0.0469 e. The van der Waals surface area contributed by atoms with Gasteiger partial charge in [0.1, 0.15) is 0 Å². The van der Waals surface area contributed by atoms with E-state index in [4.69, 9.17) is 10.6 Å². The first-order valence-electron chi connectivity index (χ1n) is 8.01. The predicted octanol–water partition coefficient (Wildman–Crippen LogP) is 1.90. The van der Waals surface area contributed by atoms with Crippen molar-refractivity contribution in [2.45, 2.75) is 64.0 Å². The van der Waals surface area contributed by atoms with Crippen molar-refractivity contribution in [3.8, 4) is 0 Å². The molecule has 0 amide bonds. The van der Waals surface area contributed by atoms with Gasteiger partial charge in [-0.1, -0.05) is 13.3 Å². The van der Waals surface area contributed by atoms with Crippen molar-refractivity contribution in [3.63, 3.8) is 0 Å². The molecule has 2 aliphatic rings. The summed E-state index contributed by atoms with van der Waals surface area (Å²) in [6, 6.07) is 0.375. The van der Waals surface area contributed by atoms with Crippen molar-refractivity contribution >= 4 is 0 Å². The van der Waals surface area contributed by atoms with Gasteiger partial charge in [-0.25, -0.2) is 0 Å². The SMILES string of the molecule is CCC(C)(C(NN)C1CCOCC1)N1CCCCC1. The van der Waals surface area contributed by atoms with Gasteiger partial charge in [0.2, 0.25) is 0 Å². The van der Waals surface area contributed by atoms with Crippen LogP contribution in [0.4, 0.5) is 0 Å². The summed E-state index contributed by atoms with van der Waals surface area (Å²) in [4.78, 5) is 2.68. The van der Waals surface area contributed by atoms with Gasteiger partial charge in [0.15, 0.2) is 0 Å². The Kier molecular flexibility index (Phi) is 5.63. The Bertz CT molecular complexity index is 262. The molecule has 2 heterocycles. The normalized spacial score (nSPS) is 27.9. The van der Waals surface area contributed by atoms with Crippen molar-refractivity contribution < 1.29 is 4.74 Å². The molecule has 2 atom stereocenters. The first-order chi connectivity index (χ1) is 9.22. The topological polar surface area (TPSA) is 50.5 Å². The van der Waals surface area contributed by atoms with Crippen molar-refractivity contribution in [1.29, 1.82) is 0 Å². The number of rotatable bonds is 5. The van der Waals surface area contributed by atoms with Gasteiger partial charge >= 0.3 is 0 Å². The average molecular weight is 269 g/mol. The summed E-state index contributed by atoms with van der Waals surface area (Å²) in [7, 11) is 0.